The Morgan fingerprint density at radius 3 is 2.41 bits per heavy atom. The molecule has 0 aliphatic rings. The maximum atomic E-state index is 12.3. The number of hydrogen-bond acceptors (Lipinski definition) is 1. The zero-order valence-corrected chi connectivity index (χ0v) is 9.90. The number of carbonyl (C=O) groups excluding carboxylic acids is 1. The molecule has 0 atom stereocenters. The van der Waals surface area contributed by atoms with E-state index in [1.54, 1.807) is 31.7 Å². The van der Waals surface area contributed by atoms with E-state index in [1.165, 1.54) is 12.5 Å². The van der Waals surface area contributed by atoms with E-state index in [9.17, 15) is 18.0 Å². The molecule has 1 heterocycles. The van der Waals surface area contributed by atoms with Gasteiger partial charge in [-0.3, -0.25) is 4.90 Å². The highest BCUT2D eigenvalue weighted by Crippen LogP contribution is 2.18. The number of imidazole rings is 1. The highest BCUT2D eigenvalue weighted by Gasteiger charge is 2.36. The minimum atomic E-state index is -4.39. The quantitative estimate of drug-likeness (QED) is 0.732. The van der Waals surface area contributed by atoms with E-state index in [2.05, 4.69) is 0 Å². The summed E-state index contributed by atoms with van der Waals surface area (Å²) in [7, 11) is 1.69. The molecule has 7 heteroatoms. The number of aryl methyl sites for hydroxylation is 1. The lowest BCUT2D eigenvalue weighted by molar-refractivity contribution is -0.670. The topological polar surface area (TPSA) is 29.1 Å². The Bertz CT molecular complexity index is 398. The first-order chi connectivity index (χ1) is 7.70. The average Bonchev–Trinajstić information content (AvgIpc) is 2.58. The third kappa shape index (κ3) is 3.76. The van der Waals surface area contributed by atoms with Gasteiger partial charge in [-0.15, -0.1) is 0 Å². The summed E-state index contributed by atoms with van der Waals surface area (Å²) >= 11 is 0. The molecule has 1 rings (SSSR count). The SMILES string of the molecule is CC(C)N(CC(F)(F)F)C(=O)n1cc[n+](C)c1. The minimum absolute atomic E-state index is 0.517. The highest BCUT2D eigenvalue weighted by molar-refractivity contribution is 5.76. The maximum absolute atomic E-state index is 12.3. The van der Waals surface area contributed by atoms with E-state index in [-0.39, 0.29) is 0 Å². The molecular formula is C10H15F3N3O+. The number of hydrogen-bond donors (Lipinski definition) is 0. The monoisotopic (exact) mass is 250 g/mol. The molecule has 0 radical (unpaired) electrons. The van der Waals surface area contributed by atoms with Gasteiger partial charge in [0.2, 0.25) is 0 Å². The molecule has 0 saturated heterocycles. The average molecular weight is 250 g/mol. The van der Waals surface area contributed by atoms with Crippen molar-refractivity contribution in [3.63, 3.8) is 0 Å². The van der Waals surface area contributed by atoms with Gasteiger partial charge in [0.1, 0.15) is 18.9 Å². The largest absolute Gasteiger partial charge is 0.416 e. The van der Waals surface area contributed by atoms with Crippen LogP contribution in [0.15, 0.2) is 18.7 Å². The van der Waals surface area contributed by atoms with E-state index in [0.717, 1.165) is 9.47 Å². The van der Waals surface area contributed by atoms with Crippen LogP contribution in [0.2, 0.25) is 0 Å². The number of alkyl halides is 3. The van der Waals surface area contributed by atoms with Crippen LogP contribution in [-0.4, -0.2) is 34.3 Å². The fourth-order valence-electron chi connectivity index (χ4n) is 1.38. The van der Waals surface area contributed by atoms with Crippen LogP contribution in [0.25, 0.3) is 0 Å². The first kappa shape index (κ1) is 13.5. The van der Waals surface area contributed by atoms with Crippen molar-refractivity contribution in [1.82, 2.24) is 9.47 Å². The Kier molecular flexibility index (Phi) is 3.79. The van der Waals surface area contributed by atoms with Gasteiger partial charge < -0.3 is 0 Å². The molecule has 0 saturated carbocycles. The molecule has 0 aromatic carbocycles. The van der Waals surface area contributed by atoms with Crippen LogP contribution >= 0.6 is 0 Å². The highest BCUT2D eigenvalue weighted by atomic mass is 19.4. The van der Waals surface area contributed by atoms with Gasteiger partial charge in [0.05, 0.1) is 7.05 Å². The summed E-state index contributed by atoms with van der Waals surface area (Å²) in [6.45, 7) is 1.85. The number of aromatic nitrogens is 2. The van der Waals surface area contributed by atoms with Crippen LogP contribution in [-0.2, 0) is 7.05 Å². The van der Waals surface area contributed by atoms with E-state index < -0.39 is 24.8 Å². The smallest absolute Gasteiger partial charge is 0.293 e. The molecule has 96 valence electrons. The van der Waals surface area contributed by atoms with Crippen molar-refractivity contribution < 1.29 is 22.5 Å². The molecule has 0 N–H and O–H groups in total. The van der Waals surface area contributed by atoms with Crippen LogP contribution in [0, 0.1) is 0 Å². The van der Waals surface area contributed by atoms with Crippen LogP contribution in [0.1, 0.15) is 13.8 Å². The van der Waals surface area contributed by atoms with Crippen molar-refractivity contribution in [2.45, 2.75) is 26.1 Å². The number of nitrogens with zero attached hydrogens (tertiary/aromatic N) is 3. The molecule has 0 spiro atoms. The molecule has 1 amide bonds. The Morgan fingerprint density at radius 1 is 1.47 bits per heavy atom. The molecule has 4 nitrogen and oxygen atoms in total. The van der Waals surface area contributed by atoms with Gasteiger partial charge in [0, 0.05) is 6.04 Å². The molecule has 0 aliphatic carbocycles. The van der Waals surface area contributed by atoms with Crippen LogP contribution in [0.3, 0.4) is 0 Å². The fraction of sp³-hybridized carbons (Fsp3) is 0.600. The molecule has 0 fully saturated rings. The second-order valence-corrected chi connectivity index (χ2v) is 4.11. The van der Waals surface area contributed by atoms with Crippen molar-refractivity contribution >= 4 is 6.03 Å². The molecule has 1 aromatic heterocycles. The van der Waals surface area contributed by atoms with Crippen molar-refractivity contribution in [1.29, 1.82) is 0 Å². The molecule has 0 aliphatic heterocycles. The Balaban J connectivity index is 2.88. The van der Waals surface area contributed by atoms with Crippen LogP contribution in [0.5, 0.6) is 0 Å². The summed E-state index contributed by atoms with van der Waals surface area (Å²) < 4.78 is 39.7. The number of carbonyl (C=O) groups is 1. The maximum Gasteiger partial charge on any atom is 0.416 e. The molecule has 1 aromatic rings. The summed E-state index contributed by atoms with van der Waals surface area (Å²) in [5.41, 5.74) is 0. The number of rotatable bonds is 2. The standard InChI is InChI=1S/C10H15F3N3O/c1-8(2)16(6-10(11,12)13)9(17)15-5-4-14(3)7-15/h4-5,7-8H,6H2,1-3H3/q+1. The summed E-state index contributed by atoms with van der Waals surface area (Å²) in [5, 5.41) is 0. The van der Waals surface area contributed by atoms with Gasteiger partial charge in [-0.05, 0) is 13.8 Å². The summed E-state index contributed by atoms with van der Waals surface area (Å²) in [6.07, 6.45) is 0.0431. The zero-order chi connectivity index (χ0) is 13.2. The molecule has 0 bridgehead atoms. The van der Waals surface area contributed by atoms with Crippen LogP contribution < -0.4 is 4.57 Å². The minimum Gasteiger partial charge on any atom is -0.293 e. The van der Waals surface area contributed by atoms with Gasteiger partial charge in [-0.2, -0.15) is 17.7 Å². The summed E-state index contributed by atoms with van der Waals surface area (Å²) in [4.78, 5) is 12.6. The Hall–Kier alpha value is -1.53. The zero-order valence-electron chi connectivity index (χ0n) is 9.90. The van der Waals surface area contributed by atoms with E-state index in [1.807, 2.05) is 0 Å². The number of halogens is 3. The van der Waals surface area contributed by atoms with Gasteiger partial charge >= 0.3 is 12.2 Å². The number of amides is 1. The molecule has 17 heavy (non-hydrogen) atoms. The Morgan fingerprint density at radius 2 is 2.06 bits per heavy atom. The van der Waals surface area contributed by atoms with Gasteiger partial charge in [-0.25, -0.2) is 9.36 Å². The third-order valence-corrected chi connectivity index (χ3v) is 2.21. The van der Waals surface area contributed by atoms with Crippen molar-refractivity contribution in [2.24, 2.45) is 7.05 Å². The molecular weight excluding hydrogens is 235 g/mol. The van der Waals surface area contributed by atoms with Crippen molar-refractivity contribution in [3.05, 3.63) is 18.7 Å². The summed E-state index contributed by atoms with van der Waals surface area (Å²) in [5.74, 6) is 0. The summed E-state index contributed by atoms with van der Waals surface area (Å²) in [6, 6.07) is -1.20. The van der Waals surface area contributed by atoms with Crippen molar-refractivity contribution in [2.75, 3.05) is 6.54 Å². The normalized spacial score (nSPS) is 11.9. The first-order valence-electron chi connectivity index (χ1n) is 5.11. The lowest BCUT2D eigenvalue weighted by Crippen LogP contribution is -2.45. The van der Waals surface area contributed by atoms with E-state index in [0.29, 0.717) is 0 Å². The van der Waals surface area contributed by atoms with Crippen LogP contribution in [0.4, 0.5) is 18.0 Å². The third-order valence-electron chi connectivity index (χ3n) is 2.21. The van der Waals surface area contributed by atoms with Crippen molar-refractivity contribution in [3.8, 4) is 0 Å². The van der Waals surface area contributed by atoms with Gasteiger partial charge in [-0.1, -0.05) is 0 Å². The van der Waals surface area contributed by atoms with E-state index in [4.69, 9.17) is 0 Å². The van der Waals surface area contributed by atoms with E-state index >= 15 is 0 Å². The first-order valence-corrected chi connectivity index (χ1v) is 5.11. The second-order valence-electron chi connectivity index (χ2n) is 4.11. The fourth-order valence-corrected chi connectivity index (χ4v) is 1.38. The van der Waals surface area contributed by atoms with Gasteiger partial charge in [0.25, 0.3) is 6.33 Å². The lowest BCUT2D eigenvalue weighted by Gasteiger charge is -2.25. The molecule has 0 unspecified atom stereocenters. The Labute approximate surface area is 97.3 Å². The van der Waals surface area contributed by atoms with Gasteiger partial charge in [0.15, 0.2) is 0 Å². The lowest BCUT2D eigenvalue weighted by atomic mass is 10.3. The second kappa shape index (κ2) is 4.77. The predicted octanol–water partition coefficient (Wildman–Crippen LogP) is 1.55. The predicted molar refractivity (Wildman–Crippen MR) is 54.3 cm³/mol.